The Hall–Kier alpha value is -2.04. The van der Waals surface area contributed by atoms with Crippen LogP contribution in [0, 0.1) is 17.7 Å². The van der Waals surface area contributed by atoms with Crippen LogP contribution in [0.2, 0.25) is 0 Å². The smallest absolute Gasteiger partial charge is 0.232 e. The van der Waals surface area contributed by atoms with Crippen LogP contribution < -0.4 is 14.8 Å². The minimum absolute atomic E-state index is 0.0840. The molecule has 2 aliphatic rings. The van der Waals surface area contributed by atoms with E-state index >= 15 is 0 Å². The number of rotatable bonds is 12. The van der Waals surface area contributed by atoms with E-state index in [4.69, 9.17) is 9.47 Å². The highest BCUT2D eigenvalue weighted by Crippen LogP contribution is 2.31. The highest BCUT2D eigenvalue weighted by Gasteiger charge is 2.30. The third-order valence-electron chi connectivity index (χ3n) is 5.07. The summed E-state index contributed by atoms with van der Waals surface area (Å²) in [4.78, 5) is 22.5. The molecule has 0 spiro atoms. The van der Waals surface area contributed by atoms with Crippen molar-refractivity contribution in [2.75, 3.05) is 25.6 Å². The molecule has 1 aromatic carbocycles. The Morgan fingerprint density at radius 3 is 2.70 bits per heavy atom. The van der Waals surface area contributed by atoms with E-state index in [1.165, 1.54) is 18.2 Å². The van der Waals surface area contributed by atoms with Crippen molar-refractivity contribution >= 4 is 21.8 Å². The Labute approximate surface area is 175 Å². The van der Waals surface area contributed by atoms with Gasteiger partial charge in [0.05, 0.1) is 24.9 Å². The van der Waals surface area contributed by atoms with Crippen molar-refractivity contribution in [1.29, 1.82) is 0 Å². The van der Waals surface area contributed by atoms with Crippen LogP contribution in [0.4, 0.5) is 4.39 Å². The molecule has 2 amide bonds. The van der Waals surface area contributed by atoms with Gasteiger partial charge in [-0.3, -0.25) is 14.9 Å². The van der Waals surface area contributed by atoms with E-state index in [9.17, 15) is 22.4 Å². The Morgan fingerprint density at radius 2 is 2.03 bits per heavy atom. The van der Waals surface area contributed by atoms with Gasteiger partial charge < -0.3 is 9.47 Å². The molecule has 3 rings (SSSR count). The van der Waals surface area contributed by atoms with Crippen molar-refractivity contribution in [3.8, 4) is 5.75 Å². The number of hydrogen-bond acceptors (Lipinski definition) is 6. The Kier molecular flexibility index (Phi) is 7.43. The summed E-state index contributed by atoms with van der Waals surface area (Å²) in [6.07, 6.45) is 2.52. The summed E-state index contributed by atoms with van der Waals surface area (Å²) in [6, 6.07) is 3.79. The third-order valence-corrected chi connectivity index (χ3v) is 6.61. The number of imide groups is 1. The molecule has 1 aliphatic heterocycles. The molecular weight excluding hydrogens is 415 g/mol. The fourth-order valence-electron chi connectivity index (χ4n) is 3.11. The first kappa shape index (κ1) is 22.6. The van der Waals surface area contributed by atoms with Gasteiger partial charge in [-0.1, -0.05) is 6.07 Å². The number of sulfonamides is 1. The van der Waals surface area contributed by atoms with Gasteiger partial charge in [0.2, 0.25) is 21.8 Å². The molecule has 10 heteroatoms. The first-order valence-corrected chi connectivity index (χ1v) is 11.7. The van der Waals surface area contributed by atoms with Crippen LogP contribution in [0.15, 0.2) is 18.2 Å². The van der Waals surface area contributed by atoms with E-state index in [0.717, 1.165) is 12.8 Å². The Morgan fingerprint density at radius 1 is 1.27 bits per heavy atom. The number of amides is 2. The lowest BCUT2D eigenvalue weighted by Gasteiger charge is -2.16. The average molecular weight is 443 g/mol. The summed E-state index contributed by atoms with van der Waals surface area (Å²) >= 11 is 0. The Balaban J connectivity index is 1.42. The second-order valence-corrected chi connectivity index (χ2v) is 9.72. The SMILES string of the molecule is C[C@@H](NS(=O)(=O)CCCOCC1CC(=O)NC1=O)c1ccc(F)c(OCC2CC2)c1. The van der Waals surface area contributed by atoms with E-state index in [2.05, 4.69) is 10.0 Å². The molecule has 8 nitrogen and oxygen atoms in total. The average Bonchev–Trinajstić information content (AvgIpc) is 3.44. The quantitative estimate of drug-likeness (QED) is 0.376. The Bertz CT molecular complexity index is 887. The largest absolute Gasteiger partial charge is 0.490 e. The number of halogens is 1. The lowest BCUT2D eigenvalue weighted by atomic mass is 10.1. The monoisotopic (exact) mass is 442 g/mol. The van der Waals surface area contributed by atoms with Crippen LogP contribution in [0.5, 0.6) is 5.75 Å². The van der Waals surface area contributed by atoms with E-state index in [1.807, 2.05) is 0 Å². The molecular formula is C20H27FN2O6S. The van der Waals surface area contributed by atoms with E-state index in [0.29, 0.717) is 18.1 Å². The summed E-state index contributed by atoms with van der Waals surface area (Å²) in [5, 5.41) is 2.20. The minimum Gasteiger partial charge on any atom is -0.490 e. The summed E-state index contributed by atoms with van der Waals surface area (Å²) < 4.78 is 52.0. The molecule has 1 unspecified atom stereocenters. The topological polar surface area (TPSA) is 111 Å². The molecule has 30 heavy (non-hydrogen) atoms. The van der Waals surface area contributed by atoms with Gasteiger partial charge in [-0.2, -0.15) is 0 Å². The number of ether oxygens (including phenoxy) is 2. The van der Waals surface area contributed by atoms with Crippen LogP contribution in [-0.2, 0) is 24.3 Å². The maximum Gasteiger partial charge on any atom is 0.232 e. The molecule has 1 saturated carbocycles. The summed E-state index contributed by atoms with van der Waals surface area (Å²) in [5.74, 6) is -1.20. The number of hydrogen-bond donors (Lipinski definition) is 2. The molecule has 1 saturated heterocycles. The second kappa shape index (κ2) is 9.84. The fraction of sp³-hybridized carbons (Fsp3) is 0.600. The first-order chi connectivity index (χ1) is 14.2. The van der Waals surface area contributed by atoms with Gasteiger partial charge in [-0.05, 0) is 49.8 Å². The molecule has 166 valence electrons. The highest BCUT2D eigenvalue weighted by molar-refractivity contribution is 7.89. The molecule has 0 bridgehead atoms. The molecule has 1 aromatic rings. The summed E-state index contributed by atoms with van der Waals surface area (Å²) in [7, 11) is -3.58. The number of carbonyl (C=O) groups is 2. The molecule has 2 atom stereocenters. The third kappa shape index (κ3) is 6.75. The minimum atomic E-state index is -3.58. The van der Waals surface area contributed by atoms with E-state index in [-0.39, 0.29) is 49.4 Å². The second-order valence-electron chi connectivity index (χ2n) is 7.84. The molecule has 0 radical (unpaired) electrons. The lowest BCUT2D eigenvalue weighted by molar-refractivity contribution is -0.126. The van der Waals surface area contributed by atoms with Gasteiger partial charge in [0.1, 0.15) is 0 Å². The van der Waals surface area contributed by atoms with Crippen LogP contribution in [0.1, 0.15) is 44.2 Å². The van der Waals surface area contributed by atoms with Crippen molar-refractivity contribution in [3.05, 3.63) is 29.6 Å². The van der Waals surface area contributed by atoms with Crippen LogP contribution in [0.25, 0.3) is 0 Å². The first-order valence-electron chi connectivity index (χ1n) is 10.1. The fourth-order valence-corrected chi connectivity index (χ4v) is 4.40. The number of nitrogens with one attached hydrogen (secondary N) is 2. The molecule has 2 N–H and O–H groups in total. The van der Waals surface area contributed by atoms with Gasteiger partial charge in [0.25, 0.3) is 0 Å². The molecule has 0 aromatic heterocycles. The predicted octanol–water partition coefficient (Wildman–Crippen LogP) is 1.66. The van der Waals surface area contributed by atoms with Crippen LogP contribution in [0.3, 0.4) is 0 Å². The zero-order valence-electron chi connectivity index (χ0n) is 16.9. The van der Waals surface area contributed by atoms with E-state index in [1.54, 1.807) is 6.92 Å². The maximum absolute atomic E-state index is 13.9. The number of benzene rings is 1. The zero-order valence-corrected chi connectivity index (χ0v) is 17.7. The van der Waals surface area contributed by atoms with Gasteiger partial charge in [0, 0.05) is 19.1 Å². The number of carbonyl (C=O) groups excluding carboxylic acids is 2. The normalized spacial score (nSPS) is 20.3. The summed E-state index contributed by atoms with van der Waals surface area (Å²) in [6.45, 7) is 2.39. The van der Waals surface area contributed by atoms with Gasteiger partial charge in [0.15, 0.2) is 11.6 Å². The van der Waals surface area contributed by atoms with E-state index < -0.39 is 27.8 Å². The molecule has 1 heterocycles. The van der Waals surface area contributed by atoms with Crippen molar-refractivity contribution in [2.45, 2.75) is 38.6 Å². The van der Waals surface area contributed by atoms with Crippen molar-refractivity contribution in [3.63, 3.8) is 0 Å². The highest BCUT2D eigenvalue weighted by atomic mass is 32.2. The van der Waals surface area contributed by atoms with Gasteiger partial charge >= 0.3 is 0 Å². The van der Waals surface area contributed by atoms with Gasteiger partial charge in [-0.15, -0.1) is 0 Å². The van der Waals surface area contributed by atoms with Crippen LogP contribution in [-0.4, -0.2) is 45.8 Å². The zero-order chi connectivity index (χ0) is 21.7. The summed E-state index contributed by atoms with van der Waals surface area (Å²) in [5.41, 5.74) is 0.610. The standard InChI is InChI=1S/C20H27FN2O6S/c1-13(15-5-6-17(21)18(9-15)29-11-14-3-4-14)23-30(26,27)8-2-7-28-12-16-10-19(24)22-20(16)25/h5-6,9,13-14,16,23H,2-4,7-8,10-12H2,1H3,(H,22,24,25)/t13-,16?/m1/s1. The van der Waals surface area contributed by atoms with Crippen molar-refractivity contribution < 1.29 is 31.9 Å². The maximum atomic E-state index is 13.9. The lowest BCUT2D eigenvalue weighted by Crippen LogP contribution is -2.30. The molecule has 2 fully saturated rings. The molecule has 1 aliphatic carbocycles. The van der Waals surface area contributed by atoms with Crippen molar-refractivity contribution in [1.82, 2.24) is 10.0 Å². The van der Waals surface area contributed by atoms with Crippen LogP contribution >= 0.6 is 0 Å². The predicted molar refractivity (Wildman–Crippen MR) is 107 cm³/mol. The van der Waals surface area contributed by atoms with Gasteiger partial charge in [-0.25, -0.2) is 17.5 Å². The van der Waals surface area contributed by atoms with Crippen molar-refractivity contribution in [2.24, 2.45) is 11.8 Å².